The lowest BCUT2D eigenvalue weighted by molar-refractivity contribution is -0.0979. The number of rotatable bonds is 0. The summed E-state index contributed by atoms with van der Waals surface area (Å²) in [5, 5.41) is 1.72. The first-order valence-electron chi connectivity index (χ1n) is 11.0. The molecule has 0 amide bonds. The number of carbonyl (C=O) groups is 1. The first-order chi connectivity index (χ1) is 16.5. The molecule has 5 heteroatoms. The number of hydrogen-bond acceptors (Lipinski definition) is 3. The highest BCUT2D eigenvalue weighted by Gasteiger charge is 2.21. The van der Waals surface area contributed by atoms with Crippen molar-refractivity contribution in [2.45, 2.75) is 12.8 Å². The van der Waals surface area contributed by atoms with Crippen molar-refractivity contribution in [2.24, 2.45) is 0 Å². The van der Waals surface area contributed by atoms with E-state index in [4.69, 9.17) is 28.0 Å². The highest BCUT2D eigenvalue weighted by atomic mass is 35.5. The Hall–Kier alpha value is -3.27. The number of carbonyl (C=O) groups excluding carboxylic acids is 1. The maximum Gasteiger partial charge on any atom is 0.106 e. The van der Waals surface area contributed by atoms with Gasteiger partial charge in [-0.05, 0) is 58.7 Å². The molecule has 0 saturated carbocycles. The number of halogens is 2. The van der Waals surface area contributed by atoms with Crippen molar-refractivity contribution in [1.29, 1.82) is 0 Å². The SMILES string of the molecule is C=O.CN1c2ccccc2Cc2c(Cl)cccc21.CN1c2ccccc2Cc2c(Cl)cccc21. The molecular formula is C29H26Cl2N2O. The summed E-state index contributed by atoms with van der Waals surface area (Å²) in [5.41, 5.74) is 10.1. The fraction of sp³-hybridized carbons (Fsp3) is 0.138. The Morgan fingerprint density at radius 2 is 0.912 bits per heavy atom. The van der Waals surface area contributed by atoms with E-state index in [1.54, 1.807) is 0 Å². The van der Waals surface area contributed by atoms with Gasteiger partial charge in [-0.25, -0.2) is 0 Å². The topological polar surface area (TPSA) is 23.6 Å². The normalized spacial score (nSPS) is 12.6. The number of nitrogens with zero attached hydrogens (tertiary/aromatic N) is 2. The van der Waals surface area contributed by atoms with Gasteiger partial charge >= 0.3 is 0 Å². The molecular weight excluding hydrogens is 463 g/mol. The number of benzene rings is 4. The highest BCUT2D eigenvalue weighted by Crippen LogP contribution is 2.41. The summed E-state index contributed by atoms with van der Waals surface area (Å²) in [6.45, 7) is 2.00. The fourth-order valence-electron chi connectivity index (χ4n) is 4.69. The van der Waals surface area contributed by atoms with Gasteiger partial charge in [0.25, 0.3) is 0 Å². The van der Waals surface area contributed by atoms with Crippen LogP contribution in [0.2, 0.25) is 10.0 Å². The zero-order chi connectivity index (χ0) is 24.2. The van der Waals surface area contributed by atoms with Crippen LogP contribution < -0.4 is 9.80 Å². The van der Waals surface area contributed by atoms with Gasteiger partial charge in [0.1, 0.15) is 6.79 Å². The van der Waals surface area contributed by atoms with E-state index >= 15 is 0 Å². The molecule has 34 heavy (non-hydrogen) atoms. The van der Waals surface area contributed by atoms with Crippen molar-refractivity contribution >= 4 is 52.7 Å². The summed E-state index contributed by atoms with van der Waals surface area (Å²) in [6.07, 6.45) is 1.85. The van der Waals surface area contributed by atoms with Crippen LogP contribution in [-0.2, 0) is 17.6 Å². The largest absolute Gasteiger partial charge is 0.344 e. The maximum absolute atomic E-state index is 8.00. The number of hydrogen-bond donors (Lipinski definition) is 0. The third kappa shape index (κ3) is 4.42. The van der Waals surface area contributed by atoms with Gasteiger partial charge in [0.15, 0.2) is 0 Å². The molecule has 6 rings (SSSR count). The van der Waals surface area contributed by atoms with Gasteiger partial charge < -0.3 is 14.6 Å². The molecule has 0 aromatic heterocycles. The summed E-state index contributed by atoms with van der Waals surface area (Å²) in [5.74, 6) is 0. The van der Waals surface area contributed by atoms with Crippen LogP contribution in [0.25, 0.3) is 0 Å². The third-order valence-electron chi connectivity index (χ3n) is 6.35. The summed E-state index contributed by atoms with van der Waals surface area (Å²) < 4.78 is 0. The molecule has 0 N–H and O–H groups in total. The van der Waals surface area contributed by atoms with Gasteiger partial charge in [-0.2, -0.15) is 0 Å². The standard InChI is InChI=1S/2C14H12ClN.CH2O/c2*1-16-13-7-3-2-5-10(13)9-11-12(15)6-4-8-14(11)16;1-2/h2*2-8H,9H2,1H3;1H2. The molecule has 0 unspecified atom stereocenters. The molecule has 2 heterocycles. The molecule has 0 aliphatic carbocycles. The molecule has 3 nitrogen and oxygen atoms in total. The van der Waals surface area contributed by atoms with E-state index in [0.29, 0.717) is 0 Å². The molecule has 172 valence electrons. The lowest BCUT2D eigenvalue weighted by Crippen LogP contribution is -2.18. The number of para-hydroxylation sites is 2. The monoisotopic (exact) mass is 488 g/mol. The van der Waals surface area contributed by atoms with Gasteiger partial charge in [0, 0.05) is 59.7 Å². The predicted octanol–water partition coefficient (Wildman–Crippen LogP) is 7.84. The molecule has 0 fully saturated rings. The summed E-state index contributed by atoms with van der Waals surface area (Å²) in [7, 11) is 4.18. The zero-order valence-electron chi connectivity index (χ0n) is 19.3. The minimum absolute atomic E-state index is 0.860. The van der Waals surface area contributed by atoms with Crippen molar-refractivity contribution in [3.63, 3.8) is 0 Å². The lowest BCUT2D eigenvalue weighted by Gasteiger charge is -2.30. The van der Waals surface area contributed by atoms with E-state index in [9.17, 15) is 0 Å². The average molecular weight is 489 g/mol. The van der Waals surface area contributed by atoms with Crippen LogP contribution >= 0.6 is 23.2 Å². The van der Waals surface area contributed by atoms with Gasteiger partial charge in [-0.3, -0.25) is 0 Å². The number of anilines is 4. The summed E-state index contributed by atoms with van der Waals surface area (Å²) in [6, 6.07) is 29.1. The smallest absolute Gasteiger partial charge is 0.106 e. The Labute approximate surface area is 211 Å². The van der Waals surface area contributed by atoms with Crippen molar-refractivity contribution in [3.8, 4) is 0 Å². The predicted molar refractivity (Wildman–Crippen MR) is 145 cm³/mol. The molecule has 4 aromatic carbocycles. The van der Waals surface area contributed by atoms with Crippen LogP contribution in [0.15, 0.2) is 84.9 Å². The third-order valence-corrected chi connectivity index (χ3v) is 7.06. The van der Waals surface area contributed by atoms with Crippen LogP contribution in [0.4, 0.5) is 22.7 Å². The number of fused-ring (bicyclic) bond motifs is 4. The van der Waals surface area contributed by atoms with E-state index in [1.807, 2.05) is 31.1 Å². The second-order valence-corrected chi connectivity index (χ2v) is 9.02. The van der Waals surface area contributed by atoms with E-state index in [-0.39, 0.29) is 0 Å². The van der Waals surface area contributed by atoms with E-state index in [0.717, 1.165) is 22.9 Å². The first-order valence-corrected chi connectivity index (χ1v) is 11.8. The molecule has 0 atom stereocenters. The van der Waals surface area contributed by atoms with E-state index in [2.05, 4.69) is 84.6 Å². The summed E-state index contributed by atoms with van der Waals surface area (Å²) >= 11 is 12.5. The van der Waals surface area contributed by atoms with Crippen LogP contribution in [0.1, 0.15) is 22.3 Å². The van der Waals surface area contributed by atoms with Gasteiger partial charge in [0.05, 0.1) is 0 Å². The lowest BCUT2D eigenvalue weighted by atomic mass is 9.96. The average Bonchev–Trinajstić information content (AvgIpc) is 2.88. The maximum atomic E-state index is 8.00. The Bertz CT molecular complexity index is 1220. The van der Waals surface area contributed by atoms with E-state index < -0.39 is 0 Å². The molecule has 0 spiro atoms. The van der Waals surface area contributed by atoms with Gasteiger partial charge in [-0.15, -0.1) is 0 Å². The second-order valence-electron chi connectivity index (χ2n) is 8.20. The van der Waals surface area contributed by atoms with Gasteiger partial charge in [0.2, 0.25) is 0 Å². The highest BCUT2D eigenvalue weighted by molar-refractivity contribution is 6.32. The Balaban J connectivity index is 0.000000150. The van der Waals surface area contributed by atoms with Crippen molar-refractivity contribution in [3.05, 3.63) is 117 Å². The van der Waals surface area contributed by atoms with Crippen molar-refractivity contribution < 1.29 is 4.79 Å². The van der Waals surface area contributed by atoms with Gasteiger partial charge in [-0.1, -0.05) is 71.7 Å². The Morgan fingerprint density at radius 1 is 0.559 bits per heavy atom. The minimum Gasteiger partial charge on any atom is -0.344 e. The minimum atomic E-state index is 0.860. The Kier molecular flexibility index (Phi) is 7.26. The Morgan fingerprint density at radius 3 is 1.32 bits per heavy atom. The van der Waals surface area contributed by atoms with E-state index in [1.165, 1.54) is 45.0 Å². The van der Waals surface area contributed by atoms with Crippen LogP contribution in [-0.4, -0.2) is 20.9 Å². The molecule has 0 saturated heterocycles. The van der Waals surface area contributed by atoms with Crippen LogP contribution in [0.5, 0.6) is 0 Å². The molecule has 0 radical (unpaired) electrons. The molecule has 4 aromatic rings. The zero-order valence-corrected chi connectivity index (χ0v) is 20.8. The molecule has 2 aliphatic rings. The van der Waals surface area contributed by atoms with Crippen molar-refractivity contribution in [1.82, 2.24) is 0 Å². The first kappa shape index (κ1) is 23.9. The second kappa shape index (κ2) is 10.3. The quantitative estimate of drug-likeness (QED) is 0.251. The van der Waals surface area contributed by atoms with Crippen LogP contribution in [0, 0.1) is 0 Å². The fourth-order valence-corrected chi connectivity index (χ4v) is 5.16. The molecule has 2 aliphatic heterocycles. The summed E-state index contributed by atoms with van der Waals surface area (Å²) in [4.78, 5) is 12.4. The van der Waals surface area contributed by atoms with Crippen LogP contribution in [0.3, 0.4) is 0 Å². The molecule has 0 bridgehead atoms. The van der Waals surface area contributed by atoms with Crippen molar-refractivity contribution in [2.75, 3.05) is 23.9 Å².